The van der Waals surface area contributed by atoms with E-state index in [0.29, 0.717) is 22.6 Å². The molecule has 1 saturated heterocycles. The van der Waals surface area contributed by atoms with Gasteiger partial charge >= 0.3 is 7.12 Å². The molecule has 2 N–H and O–H groups in total. The number of thioether (sulfide) groups is 1. The van der Waals surface area contributed by atoms with Crippen LogP contribution in [0.5, 0.6) is 0 Å². The number of hydrogen-bond donors (Lipinski definition) is 1. The lowest BCUT2D eigenvalue weighted by molar-refractivity contribution is -0.109. The highest BCUT2D eigenvalue weighted by molar-refractivity contribution is 8.13. The molecule has 1 aromatic rings. The van der Waals surface area contributed by atoms with Gasteiger partial charge in [0.2, 0.25) is 0 Å². The zero-order valence-electron chi connectivity index (χ0n) is 15.3. The maximum Gasteiger partial charge on any atom is 0.491 e. The zero-order chi connectivity index (χ0) is 18.8. The van der Waals surface area contributed by atoms with Crippen LogP contribution in [-0.2, 0) is 14.1 Å². The lowest BCUT2D eigenvalue weighted by atomic mass is 9.78. The molecule has 0 spiro atoms. The van der Waals surface area contributed by atoms with Crippen LogP contribution in [0.15, 0.2) is 23.7 Å². The SMILES string of the molecule is CC(=O)SCC(=Cc1cc(C#N)ccc1N)B1OC(C)(C)C(C)(C)O1. The van der Waals surface area contributed by atoms with Crippen LogP contribution in [-0.4, -0.2) is 29.2 Å². The lowest BCUT2D eigenvalue weighted by Gasteiger charge is -2.32. The Morgan fingerprint density at radius 2 is 1.92 bits per heavy atom. The molecule has 0 amide bonds. The largest absolute Gasteiger partial charge is 0.491 e. The van der Waals surface area contributed by atoms with Gasteiger partial charge in [-0.1, -0.05) is 17.8 Å². The Labute approximate surface area is 153 Å². The molecule has 1 aromatic carbocycles. The topological polar surface area (TPSA) is 85.3 Å². The molecule has 0 bridgehead atoms. The Morgan fingerprint density at radius 1 is 1.32 bits per heavy atom. The zero-order valence-corrected chi connectivity index (χ0v) is 16.1. The van der Waals surface area contributed by atoms with E-state index in [1.54, 1.807) is 18.2 Å². The van der Waals surface area contributed by atoms with Crippen molar-refractivity contribution >= 4 is 35.8 Å². The van der Waals surface area contributed by atoms with Gasteiger partial charge in [0.05, 0.1) is 22.8 Å². The summed E-state index contributed by atoms with van der Waals surface area (Å²) in [6.07, 6.45) is 1.86. The molecule has 0 unspecified atom stereocenters. The molecule has 132 valence electrons. The van der Waals surface area contributed by atoms with E-state index in [-0.39, 0.29) is 5.12 Å². The molecule has 7 heteroatoms. The highest BCUT2D eigenvalue weighted by atomic mass is 32.2. The van der Waals surface area contributed by atoms with Gasteiger partial charge in [0.25, 0.3) is 0 Å². The third-order valence-corrected chi connectivity index (χ3v) is 5.44. The number of anilines is 1. The molecule has 2 rings (SSSR count). The van der Waals surface area contributed by atoms with Gasteiger partial charge in [0.1, 0.15) is 0 Å². The highest BCUT2D eigenvalue weighted by Gasteiger charge is 2.52. The standard InChI is InChI=1S/C18H23BN2O3S/c1-12(22)25-11-15(19-23-17(2,3)18(4,5)24-19)9-14-8-13(10-20)6-7-16(14)21/h6-9H,11,21H2,1-5H3. The first-order chi connectivity index (χ1) is 11.6. The first-order valence-electron chi connectivity index (χ1n) is 8.05. The maximum absolute atomic E-state index is 11.4. The summed E-state index contributed by atoms with van der Waals surface area (Å²) in [5.74, 6) is 0.433. The monoisotopic (exact) mass is 358 g/mol. The average Bonchev–Trinajstić information content (AvgIpc) is 2.73. The van der Waals surface area contributed by atoms with Crippen LogP contribution < -0.4 is 5.73 Å². The fourth-order valence-electron chi connectivity index (χ4n) is 2.33. The molecule has 5 nitrogen and oxygen atoms in total. The predicted molar refractivity (Wildman–Crippen MR) is 103 cm³/mol. The summed E-state index contributed by atoms with van der Waals surface area (Å²) in [7, 11) is -0.568. The van der Waals surface area contributed by atoms with Crippen LogP contribution in [0.2, 0.25) is 0 Å². The lowest BCUT2D eigenvalue weighted by Crippen LogP contribution is -2.41. The minimum atomic E-state index is -0.568. The Hall–Kier alpha value is -1.75. The fraction of sp³-hybridized carbons (Fsp3) is 0.444. The van der Waals surface area contributed by atoms with E-state index in [2.05, 4.69) is 6.07 Å². The second-order valence-electron chi connectivity index (χ2n) is 7.04. The van der Waals surface area contributed by atoms with Crippen LogP contribution in [0.25, 0.3) is 6.08 Å². The van der Waals surface area contributed by atoms with Crippen molar-refractivity contribution in [2.75, 3.05) is 11.5 Å². The Balaban J connectivity index is 2.40. The van der Waals surface area contributed by atoms with Crippen molar-refractivity contribution in [1.82, 2.24) is 0 Å². The van der Waals surface area contributed by atoms with E-state index < -0.39 is 18.3 Å². The molecule has 1 aliphatic heterocycles. The van der Waals surface area contributed by atoms with E-state index in [1.165, 1.54) is 18.7 Å². The first-order valence-corrected chi connectivity index (χ1v) is 9.03. The maximum atomic E-state index is 11.4. The van der Waals surface area contributed by atoms with E-state index in [4.69, 9.17) is 20.3 Å². The Kier molecular flexibility index (Phi) is 5.67. The molecule has 0 aliphatic carbocycles. The summed E-state index contributed by atoms with van der Waals surface area (Å²) in [6.45, 7) is 9.44. The number of nitrogens with zero attached hydrogens (tertiary/aromatic N) is 1. The first kappa shape index (κ1) is 19.6. The van der Waals surface area contributed by atoms with Crippen molar-refractivity contribution in [3.05, 3.63) is 34.8 Å². The van der Waals surface area contributed by atoms with E-state index in [9.17, 15) is 4.79 Å². The molecule has 25 heavy (non-hydrogen) atoms. The second kappa shape index (κ2) is 7.24. The van der Waals surface area contributed by atoms with Gasteiger partial charge in [-0.3, -0.25) is 4.79 Å². The molecular weight excluding hydrogens is 335 g/mol. The smallest absolute Gasteiger partial charge is 0.400 e. The van der Waals surface area contributed by atoms with Gasteiger partial charge in [-0.15, -0.1) is 0 Å². The van der Waals surface area contributed by atoms with Crippen LogP contribution >= 0.6 is 11.8 Å². The third-order valence-electron chi connectivity index (χ3n) is 4.55. The van der Waals surface area contributed by atoms with Gasteiger partial charge < -0.3 is 15.0 Å². The van der Waals surface area contributed by atoms with Crippen LogP contribution in [0.4, 0.5) is 5.69 Å². The summed E-state index contributed by atoms with van der Waals surface area (Å²) in [5.41, 5.74) is 7.69. The molecule has 1 heterocycles. The molecule has 0 saturated carbocycles. The predicted octanol–water partition coefficient (Wildman–Crippen LogP) is 3.43. The van der Waals surface area contributed by atoms with Gasteiger partial charge in [0.15, 0.2) is 5.12 Å². The van der Waals surface area contributed by atoms with Crippen molar-refractivity contribution < 1.29 is 14.1 Å². The number of carbonyl (C=O) groups is 1. The minimum Gasteiger partial charge on any atom is -0.400 e. The normalized spacial score (nSPS) is 18.9. The Morgan fingerprint density at radius 3 is 2.44 bits per heavy atom. The van der Waals surface area contributed by atoms with E-state index in [0.717, 1.165) is 5.47 Å². The molecule has 1 fully saturated rings. The Bertz CT molecular complexity index is 737. The number of benzene rings is 1. The van der Waals surface area contributed by atoms with Crippen LogP contribution in [0.3, 0.4) is 0 Å². The molecule has 1 aliphatic rings. The van der Waals surface area contributed by atoms with Crippen molar-refractivity contribution in [3.8, 4) is 6.07 Å². The van der Waals surface area contributed by atoms with Crippen LogP contribution in [0.1, 0.15) is 45.7 Å². The summed E-state index contributed by atoms with van der Waals surface area (Å²) < 4.78 is 12.2. The third kappa shape index (κ3) is 4.46. The summed E-state index contributed by atoms with van der Waals surface area (Å²) >= 11 is 1.19. The number of hydrogen-bond acceptors (Lipinski definition) is 6. The highest BCUT2D eigenvalue weighted by Crippen LogP contribution is 2.39. The quantitative estimate of drug-likeness (QED) is 0.656. The van der Waals surface area contributed by atoms with Gasteiger partial charge in [-0.2, -0.15) is 5.26 Å². The summed E-state index contributed by atoms with van der Waals surface area (Å²) in [6, 6.07) is 7.20. The average molecular weight is 358 g/mol. The molecule has 0 radical (unpaired) electrons. The van der Waals surface area contributed by atoms with Gasteiger partial charge in [0, 0.05) is 18.4 Å². The van der Waals surface area contributed by atoms with Gasteiger partial charge in [-0.05, 0) is 56.9 Å². The van der Waals surface area contributed by atoms with Crippen molar-refractivity contribution in [2.24, 2.45) is 0 Å². The number of nitrogen functional groups attached to an aromatic ring is 1. The number of carbonyl (C=O) groups excluding carboxylic acids is 1. The summed E-state index contributed by atoms with van der Waals surface area (Å²) in [5, 5.41) is 9.12. The number of nitriles is 1. The molecular formula is C18H23BN2O3S. The van der Waals surface area contributed by atoms with Crippen molar-refractivity contribution in [1.29, 1.82) is 5.26 Å². The number of nitrogens with two attached hydrogens (primary N) is 1. The van der Waals surface area contributed by atoms with E-state index in [1.807, 2.05) is 33.8 Å². The number of rotatable bonds is 4. The second-order valence-corrected chi connectivity index (χ2v) is 8.20. The molecule has 0 aromatic heterocycles. The summed E-state index contributed by atoms with van der Waals surface area (Å²) in [4.78, 5) is 11.4. The van der Waals surface area contributed by atoms with Crippen LogP contribution in [0, 0.1) is 11.3 Å². The van der Waals surface area contributed by atoms with Crippen molar-refractivity contribution in [2.45, 2.75) is 45.8 Å². The van der Waals surface area contributed by atoms with Gasteiger partial charge in [-0.25, -0.2) is 0 Å². The molecule has 0 atom stereocenters. The van der Waals surface area contributed by atoms with Crippen molar-refractivity contribution in [3.63, 3.8) is 0 Å². The minimum absolute atomic E-state index is 0.0150. The van der Waals surface area contributed by atoms with E-state index >= 15 is 0 Å². The fourth-order valence-corrected chi connectivity index (χ4v) is 2.92.